The minimum atomic E-state index is -0.828. The van der Waals surface area contributed by atoms with Crippen molar-refractivity contribution in [2.75, 3.05) is 53.0 Å². The molecule has 0 radical (unpaired) electrons. The Morgan fingerprint density at radius 1 is 0.839 bits per heavy atom. The number of ether oxygens (including phenoxy) is 5. The van der Waals surface area contributed by atoms with Crippen LogP contribution in [0.2, 0.25) is 0 Å². The summed E-state index contributed by atoms with van der Waals surface area (Å²) in [5.74, 6) is -1.06. The summed E-state index contributed by atoms with van der Waals surface area (Å²) in [6, 6.07) is 7.17. The van der Waals surface area contributed by atoms with Gasteiger partial charge >= 0.3 is 0 Å². The van der Waals surface area contributed by atoms with E-state index in [1.165, 1.54) is 12.3 Å². The third-order valence-electron chi connectivity index (χ3n) is 4.36. The fraction of sp³-hybridized carbons (Fsp3) is 0.318. The second-order valence-corrected chi connectivity index (χ2v) is 6.43. The van der Waals surface area contributed by atoms with Crippen LogP contribution in [0.25, 0.3) is 10.9 Å². The molecule has 0 bridgehead atoms. The van der Waals surface area contributed by atoms with Crippen molar-refractivity contribution < 1.29 is 32.5 Å². The molecule has 0 aliphatic rings. The number of hydrogen-bond acceptors (Lipinski definition) is 7. The number of pyridine rings is 1. The lowest BCUT2D eigenvalue weighted by molar-refractivity contribution is 0.132. The summed E-state index contributed by atoms with van der Waals surface area (Å²) in [6.07, 6.45) is 1.49. The van der Waals surface area contributed by atoms with Gasteiger partial charge in [-0.2, -0.15) is 0 Å². The summed E-state index contributed by atoms with van der Waals surface area (Å²) >= 11 is 0. The summed E-state index contributed by atoms with van der Waals surface area (Å²) in [5, 5.41) is 3.20. The highest BCUT2D eigenvalue weighted by Gasteiger charge is 2.17. The van der Waals surface area contributed by atoms with Crippen LogP contribution in [0.4, 0.5) is 14.5 Å². The van der Waals surface area contributed by atoms with Gasteiger partial charge in [-0.3, -0.25) is 4.98 Å². The molecule has 0 spiro atoms. The molecule has 0 saturated heterocycles. The third-order valence-corrected chi connectivity index (χ3v) is 4.36. The van der Waals surface area contributed by atoms with Crippen molar-refractivity contribution >= 4 is 16.6 Å². The Morgan fingerprint density at radius 3 is 2.03 bits per heavy atom. The molecule has 7 nitrogen and oxygen atoms in total. The molecule has 0 aliphatic heterocycles. The van der Waals surface area contributed by atoms with Crippen molar-refractivity contribution in [1.82, 2.24) is 4.98 Å². The fourth-order valence-electron chi connectivity index (χ4n) is 2.82. The molecule has 1 N–H and O–H groups in total. The highest BCUT2D eigenvalue weighted by molar-refractivity contribution is 5.88. The quantitative estimate of drug-likeness (QED) is 0.449. The molecule has 2 aromatic carbocycles. The highest BCUT2D eigenvalue weighted by atomic mass is 19.1. The Hall–Kier alpha value is -3.17. The zero-order valence-electron chi connectivity index (χ0n) is 17.5. The summed E-state index contributed by atoms with van der Waals surface area (Å²) in [5.41, 5.74) is 0.810. The van der Waals surface area contributed by atoms with Crippen LogP contribution in [-0.2, 0) is 9.47 Å². The minimum absolute atomic E-state index is 0.222. The number of benzene rings is 2. The van der Waals surface area contributed by atoms with E-state index in [0.29, 0.717) is 47.9 Å². The number of hydrogen-bond donors (Lipinski definition) is 1. The van der Waals surface area contributed by atoms with Gasteiger partial charge in [0.25, 0.3) is 0 Å². The van der Waals surface area contributed by atoms with Gasteiger partial charge in [-0.15, -0.1) is 0 Å². The van der Waals surface area contributed by atoms with Crippen LogP contribution in [0.5, 0.6) is 23.0 Å². The second kappa shape index (κ2) is 10.7. The molecular weight excluding hydrogens is 410 g/mol. The molecular formula is C22H24F2N2O5. The Balaban J connectivity index is 2.00. The summed E-state index contributed by atoms with van der Waals surface area (Å²) in [6.45, 7) is 1.37. The summed E-state index contributed by atoms with van der Waals surface area (Å²) in [7, 11) is 4.72. The number of nitrogens with one attached hydrogen (secondary N) is 1. The van der Waals surface area contributed by atoms with E-state index >= 15 is 0 Å². The van der Waals surface area contributed by atoms with Crippen LogP contribution in [0.1, 0.15) is 0 Å². The maximum atomic E-state index is 14.4. The molecule has 0 saturated carbocycles. The number of anilines is 1. The van der Waals surface area contributed by atoms with E-state index in [9.17, 15) is 8.78 Å². The molecule has 31 heavy (non-hydrogen) atoms. The second-order valence-electron chi connectivity index (χ2n) is 6.43. The first-order valence-electron chi connectivity index (χ1n) is 9.58. The predicted octanol–water partition coefficient (Wildman–Crippen LogP) is 4.40. The summed E-state index contributed by atoms with van der Waals surface area (Å²) < 4.78 is 56.0. The van der Waals surface area contributed by atoms with E-state index in [4.69, 9.17) is 23.7 Å². The van der Waals surface area contributed by atoms with E-state index in [1.807, 2.05) is 0 Å². The van der Waals surface area contributed by atoms with Gasteiger partial charge in [-0.05, 0) is 12.1 Å². The predicted molar refractivity (Wildman–Crippen MR) is 112 cm³/mol. The van der Waals surface area contributed by atoms with Gasteiger partial charge in [0, 0.05) is 56.7 Å². The SMILES string of the molecule is CNc1cc(F)c(Oc2ccnc3cc(OCCOC)c(OCCOC)cc23)c(F)c1. The average Bonchev–Trinajstić information content (AvgIpc) is 2.76. The molecule has 0 unspecified atom stereocenters. The zero-order valence-corrected chi connectivity index (χ0v) is 17.5. The van der Waals surface area contributed by atoms with Gasteiger partial charge in [0.1, 0.15) is 19.0 Å². The van der Waals surface area contributed by atoms with Crippen LogP contribution in [0.15, 0.2) is 36.5 Å². The standard InChI is InChI=1S/C22H24F2N2O5/c1-25-14-10-16(23)22(17(24)11-14)31-19-4-5-26-18-13-21(30-9-7-28-3)20(12-15(18)19)29-8-6-27-2/h4-5,10-13,25H,6-9H2,1-3H3. The van der Waals surface area contributed by atoms with Crippen LogP contribution in [0, 0.1) is 11.6 Å². The largest absolute Gasteiger partial charge is 0.487 e. The number of fused-ring (bicyclic) bond motifs is 1. The Labute approximate surface area is 178 Å². The van der Waals surface area contributed by atoms with E-state index < -0.39 is 17.4 Å². The van der Waals surface area contributed by atoms with Gasteiger partial charge in [0.15, 0.2) is 28.9 Å². The van der Waals surface area contributed by atoms with E-state index in [2.05, 4.69) is 10.3 Å². The summed E-state index contributed by atoms with van der Waals surface area (Å²) in [4.78, 5) is 4.31. The molecule has 0 atom stereocenters. The first-order valence-corrected chi connectivity index (χ1v) is 9.58. The molecule has 1 aromatic heterocycles. The van der Waals surface area contributed by atoms with Crippen LogP contribution < -0.4 is 19.5 Å². The van der Waals surface area contributed by atoms with Crippen molar-refractivity contribution in [3.63, 3.8) is 0 Å². The maximum Gasteiger partial charge on any atom is 0.198 e. The van der Waals surface area contributed by atoms with Gasteiger partial charge in [0.05, 0.1) is 18.7 Å². The van der Waals surface area contributed by atoms with Crippen LogP contribution >= 0.6 is 0 Å². The topological polar surface area (TPSA) is 71.1 Å². The molecule has 166 valence electrons. The first-order chi connectivity index (χ1) is 15.1. The number of aromatic nitrogens is 1. The van der Waals surface area contributed by atoms with Gasteiger partial charge in [0.2, 0.25) is 0 Å². The Morgan fingerprint density at radius 2 is 1.45 bits per heavy atom. The molecule has 9 heteroatoms. The van der Waals surface area contributed by atoms with Crippen molar-refractivity contribution in [1.29, 1.82) is 0 Å². The normalized spacial score (nSPS) is 10.9. The van der Waals surface area contributed by atoms with Crippen LogP contribution in [-0.4, -0.2) is 52.7 Å². The number of methoxy groups -OCH3 is 2. The van der Waals surface area contributed by atoms with E-state index in [1.54, 1.807) is 33.4 Å². The third kappa shape index (κ3) is 5.50. The zero-order chi connectivity index (χ0) is 22.2. The van der Waals surface area contributed by atoms with Gasteiger partial charge in [-0.25, -0.2) is 8.78 Å². The van der Waals surface area contributed by atoms with E-state index in [-0.39, 0.29) is 12.4 Å². The van der Waals surface area contributed by atoms with E-state index in [0.717, 1.165) is 12.1 Å². The molecule has 3 rings (SSSR count). The fourth-order valence-corrected chi connectivity index (χ4v) is 2.82. The minimum Gasteiger partial charge on any atom is -0.487 e. The molecule has 1 heterocycles. The lowest BCUT2D eigenvalue weighted by Crippen LogP contribution is -2.08. The van der Waals surface area contributed by atoms with Crippen molar-refractivity contribution in [2.45, 2.75) is 0 Å². The average molecular weight is 434 g/mol. The van der Waals surface area contributed by atoms with Gasteiger partial charge < -0.3 is 29.0 Å². The lowest BCUT2D eigenvalue weighted by atomic mass is 10.1. The molecule has 3 aromatic rings. The molecule has 0 fully saturated rings. The number of rotatable bonds is 11. The monoisotopic (exact) mass is 434 g/mol. The number of nitrogens with zero attached hydrogens (tertiary/aromatic N) is 1. The highest BCUT2D eigenvalue weighted by Crippen LogP contribution is 2.38. The van der Waals surface area contributed by atoms with Crippen molar-refractivity contribution in [3.8, 4) is 23.0 Å². The lowest BCUT2D eigenvalue weighted by Gasteiger charge is -2.16. The van der Waals surface area contributed by atoms with Crippen molar-refractivity contribution in [2.24, 2.45) is 0 Å². The molecule has 0 aliphatic carbocycles. The Kier molecular flexibility index (Phi) is 7.80. The Bertz CT molecular complexity index is 1010. The van der Waals surface area contributed by atoms with Crippen LogP contribution in [0.3, 0.4) is 0 Å². The molecule has 0 amide bonds. The first kappa shape index (κ1) is 22.5. The van der Waals surface area contributed by atoms with Gasteiger partial charge in [-0.1, -0.05) is 0 Å². The maximum absolute atomic E-state index is 14.4. The number of halogens is 2. The smallest absolute Gasteiger partial charge is 0.198 e. The van der Waals surface area contributed by atoms with Crippen molar-refractivity contribution in [3.05, 3.63) is 48.2 Å².